The first kappa shape index (κ1) is 20.0. The van der Waals surface area contributed by atoms with Gasteiger partial charge in [-0.25, -0.2) is 8.78 Å². The van der Waals surface area contributed by atoms with Crippen molar-refractivity contribution in [2.45, 2.75) is 44.6 Å². The van der Waals surface area contributed by atoms with E-state index in [2.05, 4.69) is 9.88 Å². The van der Waals surface area contributed by atoms with Gasteiger partial charge in [-0.2, -0.15) is 0 Å². The lowest BCUT2D eigenvalue weighted by Crippen LogP contribution is -2.48. The standard InChI is InChI=1S/C21H26F2N4O2/c1-13-8-19(17-9-14(22)2-3-18(17)25-13)29-16-4-6-26(7-5-16)12-21(28)27-11-15(23)10-20(27)24/h2-3,8-9,15-16,20H,4-7,10-12,24H2,1H3/t15-,20-/m0/s1. The average Bonchev–Trinajstić information content (AvgIpc) is 3.02. The topological polar surface area (TPSA) is 71.7 Å². The minimum absolute atomic E-state index is 0.0149. The van der Waals surface area contributed by atoms with Gasteiger partial charge in [-0.15, -0.1) is 0 Å². The van der Waals surface area contributed by atoms with Gasteiger partial charge in [-0.05, 0) is 38.0 Å². The molecule has 2 saturated heterocycles. The van der Waals surface area contributed by atoms with Gasteiger partial charge in [0.2, 0.25) is 5.91 Å². The van der Waals surface area contributed by atoms with E-state index in [1.54, 1.807) is 6.07 Å². The molecule has 8 heteroatoms. The van der Waals surface area contributed by atoms with Crippen molar-refractivity contribution < 1.29 is 18.3 Å². The minimum atomic E-state index is -1.03. The third kappa shape index (κ3) is 4.48. The maximum Gasteiger partial charge on any atom is 0.238 e. The fourth-order valence-electron chi connectivity index (χ4n) is 4.14. The normalized spacial score (nSPS) is 23.7. The van der Waals surface area contributed by atoms with Gasteiger partial charge in [0, 0.05) is 36.7 Å². The number of carbonyl (C=O) groups excluding carboxylic acids is 1. The average molecular weight is 404 g/mol. The number of fused-ring (bicyclic) bond motifs is 1. The predicted octanol–water partition coefficient (Wildman–Crippen LogP) is 2.38. The Kier molecular flexibility index (Phi) is 5.65. The molecule has 0 aliphatic carbocycles. The molecular formula is C21H26F2N4O2. The van der Waals surface area contributed by atoms with Gasteiger partial charge < -0.3 is 15.4 Å². The van der Waals surface area contributed by atoms with E-state index in [1.165, 1.54) is 17.0 Å². The van der Waals surface area contributed by atoms with Crippen LogP contribution >= 0.6 is 0 Å². The van der Waals surface area contributed by atoms with E-state index in [9.17, 15) is 13.6 Å². The number of halogens is 2. The van der Waals surface area contributed by atoms with E-state index >= 15 is 0 Å². The number of piperidine rings is 1. The number of benzene rings is 1. The lowest BCUT2D eigenvalue weighted by Gasteiger charge is -2.33. The second-order valence-corrected chi connectivity index (χ2v) is 7.96. The van der Waals surface area contributed by atoms with Crippen LogP contribution in [0.5, 0.6) is 5.75 Å². The van der Waals surface area contributed by atoms with Crippen LogP contribution in [0, 0.1) is 12.7 Å². The first-order valence-corrected chi connectivity index (χ1v) is 10.0. The second-order valence-electron chi connectivity index (χ2n) is 7.96. The summed E-state index contributed by atoms with van der Waals surface area (Å²) in [6, 6.07) is 6.33. The summed E-state index contributed by atoms with van der Waals surface area (Å²) in [4.78, 5) is 20.3. The zero-order chi connectivity index (χ0) is 20.5. The third-order valence-electron chi connectivity index (χ3n) is 5.66. The van der Waals surface area contributed by atoms with E-state index < -0.39 is 12.3 Å². The Bertz CT molecular complexity index is 902. The second kappa shape index (κ2) is 8.20. The number of pyridine rings is 1. The highest BCUT2D eigenvalue weighted by Crippen LogP contribution is 2.29. The van der Waals surface area contributed by atoms with Crippen LogP contribution in [0.2, 0.25) is 0 Å². The lowest BCUT2D eigenvalue weighted by molar-refractivity contribution is -0.133. The number of rotatable bonds is 4. The number of likely N-dealkylation sites (tertiary alicyclic amines) is 2. The molecule has 1 amide bonds. The molecule has 2 N–H and O–H groups in total. The molecular weight excluding hydrogens is 378 g/mol. The zero-order valence-corrected chi connectivity index (χ0v) is 16.5. The molecule has 2 fully saturated rings. The largest absolute Gasteiger partial charge is 0.490 e. The first-order valence-electron chi connectivity index (χ1n) is 10.0. The highest BCUT2D eigenvalue weighted by molar-refractivity contribution is 5.85. The van der Waals surface area contributed by atoms with Gasteiger partial charge in [0.05, 0.1) is 24.8 Å². The number of nitrogens with two attached hydrogens (primary N) is 1. The number of amides is 1. The Labute approximate surface area is 168 Å². The Morgan fingerprint density at radius 1 is 1.31 bits per heavy atom. The third-order valence-corrected chi connectivity index (χ3v) is 5.66. The first-order chi connectivity index (χ1) is 13.9. The summed E-state index contributed by atoms with van der Waals surface area (Å²) in [5.74, 6) is 0.193. The zero-order valence-electron chi connectivity index (χ0n) is 16.5. The van der Waals surface area contributed by atoms with E-state index in [4.69, 9.17) is 10.5 Å². The van der Waals surface area contributed by atoms with Crippen LogP contribution in [0.4, 0.5) is 8.78 Å². The van der Waals surface area contributed by atoms with E-state index in [1.807, 2.05) is 13.0 Å². The Hall–Kier alpha value is -2.32. The summed E-state index contributed by atoms with van der Waals surface area (Å²) in [5, 5.41) is 0.664. The quantitative estimate of drug-likeness (QED) is 0.847. The van der Waals surface area contributed by atoms with Crippen molar-refractivity contribution in [2.75, 3.05) is 26.2 Å². The van der Waals surface area contributed by atoms with Crippen LogP contribution < -0.4 is 10.5 Å². The summed E-state index contributed by atoms with van der Waals surface area (Å²) in [5.41, 5.74) is 7.37. The number of aromatic nitrogens is 1. The van der Waals surface area contributed by atoms with Crippen molar-refractivity contribution >= 4 is 16.8 Å². The van der Waals surface area contributed by atoms with Crippen LogP contribution in [0.25, 0.3) is 10.9 Å². The molecule has 0 bridgehead atoms. The highest BCUT2D eigenvalue weighted by atomic mass is 19.1. The summed E-state index contributed by atoms with van der Waals surface area (Å²) >= 11 is 0. The SMILES string of the molecule is Cc1cc(OC2CCN(CC(=O)N3C[C@@H](F)C[C@H]3N)CC2)c2cc(F)ccc2n1. The number of alkyl halides is 1. The molecule has 4 rings (SSSR count). The van der Waals surface area contributed by atoms with Gasteiger partial charge >= 0.3 is 0 Å². The molecule has 2 aromatic rings. The van der Waals surface area contributed by atoms with Crippen molar-refractivity contribution in [1.82, 2.24) is 14.8 Å². The van der Waals surface area contributed by atoms with Crippen molar-refractivity contribution in [3.8, 4) is 5.75 Å². The number of ether oxygens (including phenoxy) is 1. The van der Waals surface area contributed by atoms with E-state index in [0.717, 1.165) is 18.5 Å². The van der Waals surface area contributed by atoms with Crippen molar-refractivity contribution in [3.05, 3.63) is 35.8 Å². The van der Waals surface area contributed by atoms with Gasteiger partial charge in [-0.1, -0.05) is 0 Å². The molecule has 2 aliphatic rings. The van der Waals surface area contributed by atoms with Gasteiger partial charge in [0.25, 0.3) is 0 Å². The Morgan fingerprint density at radius 3 is 2.76 bits per heavy atom. The van der Waals surface area contributed by atoms with Crippen molar-refractivity contribution in [3.63, 3.8) is 0 Å². The van der Waals surface area contributed by atoms with E-state index in [-0.39, 0.29) is 37.3 Å². The number of nitrogens with zero attached hydrogens (tertiary/aromatic N) is 3. The molecule has 3 heterocycles. The maximum atomic E-state index is 13.7. The molecule has 1 aromatic carbocycles. The molecule has 6 nitrogen and oxygen atoms in total. The number of hydrogen-bond donors (Lipinski definition) is 1. The van der Waals surface area contributed by atoms with Gasteiger partial charge in [-0.3, -0.25) is 14.7 Å². The van der Waals surface area contributed by atoms with Gasteiger partial charge in [0.1, 0.15) is 23.8 Å². The molecule has 2 aliphatic heterocycles. The molecule has 0 radical (unpaired) electrons. The molecule has 2 atom stereocenters. The van der Waals surface area contributed by atoms with Crippen molar-refractivity contribution in [1.29, 1.82) is 0 Å². The molecule has 0 spiro atoms. The van der Waals surface area contributed by atoms with Crippen LogP contribution in [-0.4, -0.2) is 65.3 Å². The Balaban J connectivity index is 1.35. The molecule has 0 saturated carbocycles. The van der Waals surface area contributed by atoms with E-state index in [0.29, 0.717) is 29.7 Å². The highest BCUT2D eigenvalue weighted by Gasteiger charge is 2.34. The molecule has 1 aromatic heterocycles. The summed E-state index contributed by atoms with van der Waals surface area (Å²) in [7, 11) is 0. The fraction of sp³-hybridized carbons (Fsp3) is 0.524. The van der Waals surface area contributed by atoms with Crippen LogP contribution in [0.1, 0.15) is 25.0 Å². The smallest absolute Gasteiger partial charge is 0.238 e. The van der Waals surface area contributed by atoms with Gasteiger partial charge in [0.15, 0.2) is 0 Å². The molecule has 29 heavy (non-hydrogen) atoms. The minimum Gasteiger partial charge on any atom is -0.490 e. The summed E-state index contributed by atoms with van der Waals surface area (Å²) in [6.45, 7) is 3.62. The van der Waals surface area contributed by atoms with Crippen LogP contribution in [0.3, 0.4) is 0 Å². The lowest BCUT2D eigenvalue weighted by atomic mass is 10.1. The maximum absolute atomic E-state index is 13.7. The molecule has 0 unspecified atom stereocenters. The summed E-state index contributed by atoms with van der Waals surface area (Å²) in [6.07, 6.45) is 0.144. The van der Waals surface area contributed by atoms with Crippen LogP contribution in [0.15, 0.2) is 24.3 Å². The summed E-state index contributed by atoms with van der Waals surface area (Å²) < 4.78 is 33.3. The fourth-order valence-corrected chi connectivity index (χ4v) is 4.14. The number of hydrogen-bond acceptors (Lipinski definition) is 5. The Morgan fingerprint density at radius 2 is 2.07 bits per heavy atom. The molecule has 156 valence electrons. The van der Waals surface area contributed by atoms with Crippen molar-refractivity contribution in [2.24, 2.45) is 5.73 Å². The number of carbonyl (C=O) groups is 1. The number of aryl methyl sites for hydroxylation is 1. The van der Waals surface area contributed by atoms with Crippen LogP contribution in [-0.2, 0) is 4.79 Å². The predicted molar refractivity (Wildman–Crippen MR) is 106 cm³/mol. The monoisotopic (exact) mass is 404 g/mol.